The SMILES string of the molecule is Cc1nn(-c2ccccc2)c2nc(C(=O)N3C[C@@H](C)[C@H](C(=O)O)C3)ccc12. The number of nitrogens with zero attached hydrogens (tertiary/aromatic N) is 4. The maximum atomic E-state index is 12.9. The first-order valence-corrected chi connectivity index (χ1v) is 8.89. The van der Waals surface area contributed by atoms with Gasteiger partial charge in [0, 0.05) is 18.5 Å². The number of hydrogen-bond donors (Lipinski definition) is 1. The topological polar surface area (TPSA) is 88.3 Å². The van der Waals surface area contributed by atoms with Crippen molar-refractivity contribution in [1.82, 2.24) is 19.7 Å². The normalized spacial score (nSPS) is 19.6. The molecule has 0 unspecified atom stereocenters. The molecule has 1 saturated heterocycles. The molecule has 4 rings (SSSR count). The van der Waals surface area contributed by atoms with Gasteiger partial charge in [0.25, 0.3) is 5.91 Å². The Morgan fingerprint density at radius 2 is 1.85 bits per heavy atom. The molecule has 0 radical (unpaired) electrons. The highest BCUT2D eigenvalue weighted by molar-refractivity contribution is 5.95. The molecule has 3 aromatic rings. The van der Waals surface area contributed by atoms with Crippen LogP contribution in [0, 0.1) is 18.8 Å². The molecule has 0 spiro atoms. The van der Waals surface area contributed by atoms with E-state index in [0.29, 0.717) is 17.9 Å². The van der Waals surface area contributed by atoms with Gasteiger partial charge < -0.3 is 10.0 Å². The van der Waals surface area contributed by atoms with Crippen LogP contribution in [0.25, 0.3) is 16.7 Å². The molecule has 2 aromatic heterocycles. The number of aliphatic carboxylic acids is 1. The fourth-order valence-electron chi connectivity index (χ4n) is 3.63. The van der Waals surface area contributed by atoms with Crippen LogP contribution >= 0.6 is 0 Å². The Labute approximate surface area is 156 Å². The van der Waals surface area contributed by atoms with E-state index in [1.54, 1.807) is 15.6 Å². The van der Waals surface area contributed by atoms with Crippen LogP contribution in [0.4, 0.5) is 0 Å². The third-order valence-corrected chi connectivity index (χ3v) is 5.15. The second-order valence-electron chi connectivity index (χ2n) is 7.03. The van der Waals surface area contributed by atoms with Crippen molar-refractivity contribution in [1.29, 1.82) is 0 Å². The van der Waals surface area contributed by atoms with Crippen LogP contribution in [0.15, 0.2) is 42.5 Å². The maximum Gasteiger partial charge on any atom is 0.308 e. The average Bonchev–Trinajstić information content (AvgIpc) is 3.22. The molecule has 27 heavy (non-hydrogen) atoms. The van der Waals surface area contributed by atoms with E-state index in [9.17, 15) is 14.7 Å². The van der Waals surface area contributed by atoms with Crippen molar-refractivity contribution in [3.63, 3.8) is 0 Å². The summed E-state index contributed by atoms with van der Waals surface area (Å²) in [5.74, 6) is -1.72. The first-order valence-electron chi connectivity index (χ1n) is 8.89. The van der Waals surface area contributed by atoms with Crippen LogP contribution in [-0.2, 0) is 4.79 Å². The number of benzene rings is 1. The molecule has 138 valence electrons. The van der Waals surface area contributed by atoms with E-state index < -0.39 is 11.9 Å². The summed E-state index contributed by atoms with van der Waals surface area (Å²) in [6, 6.07) is 13.2. The number of para-hydroxylation sites is 1. The van der Waals surface area contributed by atoms with Crippen molar-refractivity contribution < 1.29 is 14.7 Å². The van der Waals surface area contributed by atoms with Gasteiger partial charge in [-0.1, -0.05) is 25.1 Å². The summed E-state index contributed by atoms with van der Waals surface area (Å²) in [6.45, 7) is 4.40. The standard InChI is InChI=1S/C20H20N4O3/c1-12-10-23(11-16(12)20(26)27)19(25)17-9-8-15-13(2)22-24(18(15)21-17)14-6-4-3-5-7-14/h3-9,12,16H,10-11H2,1-2H3,(H,26,27)/t12-,16-/m1/s1. The van der Waals surface area contributed by atoms with Gasteiger partial charge in [-0.25, -0.2) is 9.67 Å². The van der Waals surface area contributed by atoms with Crippen molar-refractivity contribution in [3.05, 3.63) is 53.9 Å². The molecule has 1 fully saturated rings. The number of hydrogen-bond acceptors (Lipinski definition) is 4. The van der Waals surface area contributed by atoms with Crippen molar-refractivity contribution in [3.8, 4) is 5.69 Å². The zero-order valence-electron chi connectivity index (χ0n) is 15.2. The lowest BCUT2D eigenvalue weighted by Crippen LogP contribution is -2.30. The quantitative estimate of drug-likeness (QED) is 0.771. The van der Waals surface area contributed by atoms with Crippen LogP contribution in [0.2, 0.25) is 0 Å². The molecule has 0 bridgehead atoms. The molecule has 3 heterocycles. The maximum absolute atomic E-state index is 12.9. The number of carbonyl (C=O) groups is 2. The number of pyridine rings is 1. The van der Waals surface area contributed by atoms with E-state index in [4.69, 9.17) is 0 Å². The Bertz CT molecular complexity index is 1030. The highest BCUT2D eigenvalue weighted by atomic mass is 16.4. The van der Waals surface area contributed by atoms with E-state index in [1.165, 1.54) is 0 Å². The Balaban J connectivity index is 1.71. The molecule has 7 heteroatoms. The molecule has 2 atom stereocenters. The molecule has 1 amide bonds. The zero-order chi connectivity index (χ0) is 19.1. The fourth-order valence-corrected chi connectivity index (χ4v) is 3.63. The summed E-state index contributed by atoms with van der Waals surface area (Å²) in [5.41, 5.74) is 2.62. The molecular weight excluding hydrogens is 344 g/mol. The number of carboxylic acid groups (broad SMARTS) is 1. The van der Waals surface area contributed by atoms with Gasteiger partial charge in [-0.05, 0) is 37.1 Å². The second kappa shape index (κ2) is 6.50. The first kappa shape index (κ1) is 17.2. The molecule has 0 aliphatic carbocycles. The highest BCUT2D eigenvalue weighted by Gasteiger charge is 2.37. The number of carboxylic acids is 1. The third kappa shape index (κ3) is 2.95. The summed E-state index contributed by atoms with van der Waals surface area (Å²) < 4.78 is 1.73. The monoisotopic (exact) mass is 364 g/mol. The predicted octanol–water partition coefficient (Wildman–Crippen LogP) is 2.52. The van der Waals surface area contributed by atoms with Gasteiger partial charge in [-0.15, -0.1) is 0 Å². The number of rotatable bonds is 3. The van der Waals surface area contributed by atoms with E-state index in [1.807, 2.05) is 50.2 Å². The fraction of sp³-hybridized carbons (Fsp3) is 0.300. The van der Waals surface area contributed by atoms with Gasteiger partial charge in [-0.3, -0.25) is 9.59 Å². The van der Waals surface area contributed by atoms with Crippen LogP contribution in [0.5, 0.6) is 0 Å². The van der Waals surface area contributed by atoms with Crippen LogP contribution in [-0.4, -0.2) is 49.7 Å². The van der Waals surface area contributed by atoms with E-state index >= 15 is 0 Å². The minimum Gasteiger partial charge on any atom is -0.481 e. The minimum absolute atomic E-state index is 0.0766. The number of amides is 1. The molecule has 1 N–H and O–H groups in total. The van der Waals surface area contributed by atoms with E-state index in [-0.39, 0.29) is 18.4 Å². The van der Waals surface area contributed by atoms with Gasteiger partial charge in [0.05, 0.1) is 17.3 Å². The number of likely N-dealkylation sites (tertiary alicyclic amines) is 1. The van der Waals surface area contributed by atoms with Crippen LogP contribution in [0.3, 0.4) is 0 Å². The van der Waals surface area contributed by atoms with Crippen LogP contribution in [0.1, 0.15) is 23.1 Å². The summed E-state index contributed by atoms with van der Waals surface area (Å²) in [6.07, 6.45) is 0. The van der Waals surface area contributed by atoms with Gasteiger partial charge in [0.2, 0.25) is 0 Å². The van der Waals surface area contributed by atoms with Gasteiger partial charge in [0.15, 0.2) is 5.65 Å². The Morgan fingerprint density at radius 1 is 1.11 bits per heavy atom. The van der Waals surface area contributed by atoms with Crippen molar-refractivity contribution >= 4 is 22.9 Å². The lowest BCUT2D eigenvalue weighted by molar-refractivity contribution is -0.142. The molecule has 1 aliphatic rings. The lowest BCUT2D eigenvalue weighted by Gasteiger charge is -2.15. The zero-order valence-corrected chi connectivity index (χ0v) is 15.2. The number of aromatic nitrogens is 3. The summed E-state index contributed by atoms with van der Waals surface area (Å²) in [4.78, 5) is 30.4. The number of aryl methyl sites for hydroxylation is 1. The first-order chi connectivity index (χ1) is 13.0. The summed E-state index contributed by atoms with van der Waals surface area (Å²) >= 11 is 0. The Kier molecular flexibility index (Phi) is 4.14. The molecule has 1 aliphatic heterocycles. The minimum atomic E-state index is -0.862. The Morgan fingerprint density at radius 3 is 2.52 bits per heavy atom. The lowest BCUT2D eigenvalue weighted by atomic mass is 9.99. The largest absolute Gasteiger partial charge is 0.481 e. The van der Waals surface area contributed by atoms with Crippen LogP contribution < -0.4 is 0 Å². The van der Waals surface area contributed by atoms with Gasteiger partial charge in [0.1, 0.15) is 5.69 Å². The predicted molar refractivity (Wildman–Crippen MR) is 99.8 cm³/mol. The molecule has 1 aromatic carbocycles. The molecule has 7 nitrogen and oxygen atoms in total. The Hall–Kier alpha value is -3.22. The van der Waals surface area contributed by atoms with Crippen molar-refractivity contribution in [2.45, 2.75) is 13.8 Å². The van der Waals surface area contributed by atoms with Gasteiger partial charge >= 0.3 is 5.97 Å². The summed E-state index contributed by atoms with van der Waals surface area (Å²) in [5, 5.41) is 14.7. The van der Waals surface area contributed by atoms with Crippen molar-refractivity contribution in [2.75, 3.05) is 13.1 Å². The smallest absolute Gasteiger partial charge is 0.308 e. The molecular formula is C20H20N4O3. The van der Waals surface area contributed by atoms with E-state index in [2.05, 4.69) is 10.1 Å². The van der Waals surface area contributed by atoms with Gasteiger partial charge in [-0.2, -0.15) is 5.10 Å². The second-order valence-corrected chi connectivity index (χ2v) is 7.03. The summed E-state index contributed by atoms with van der Waals surface area (Å²) in [7, 11) is 0. The highest BCUT2D eigenvalue weighted by Crippen LogP contribution is 2.26. The number of fused-ring (bicyclic) bond motifs is 1. The van der Waals surface area contributed by atoms with Crippen molar-refractivity contribution in [2.24, 2.45) is 11.8 Å². The third-order valence-electron chi connectivity index (χ3n) is 5.15. The molecule has 0 saturated carbocycles. The number of carbonyl (C=O) groups excluding carboxylic acids is 1. The van der Waals surface area contributed by atoms with E-state index in [0.717, 1.165) is 16.8 Å². The average molecular weight is 364 g/mol.